The summed E-state index contributed by atoms with van der Waals surface area (Å²) in [4.78, 5) is 12.0. The van der Waals surface area contributed by atoms with Crippen LogP contribution in [0.4, 0.5) is 5.69 Å². The minimum atomic E-state index is -0.259. The van der Waals surface area contributed by atoms with Crippen LogP contribution < -0.4 is 10.1 Å². The molecule has 0 aliphatic rings. The van der Waals surface area contributed by atoms with Crippen LogP contribution in [0.1, 0.15) is 15.9 Å². The number of anilines is 1. The molecule has 0 atom stereocenters. The van der Waals surface area contributed by atoms with E-state index in [4.69, 9.17) is 10.00 Å². The fourth-order valence-electron chi connectivity index (χ4n) is 1.63. The minimum Gasteiger partial charge on any atom is -0.497 e. The Labute approximate surface area is 111 Å². The molecule has 0 unspecified atom stereocenters. The topological polar surface area (TPSA) is 62.1 Å². The van der Waals surface area contributed by atoms with Crippen molar-refractivity contribution in [3.8, 4) is 11.8 Å². The zero-order chi connectivity index (χ0) is 13.7. The molecule has 4 heteroatoms. The largest absolute Gasteiger partial charge is 0.497 e. The Morgan fingerprint density at radius 3 is 2.74 bits per heavy atom. The molecule has 0 saturated carbocycles. The molecule has 0 spiro atoms. The van der Waals surface area contributed by atoms with Crippen LogP contribution in [0.5, 0.6) is 5.75 Å². The molecular formula is C15H12N2O2. The van der Waals surface area contributed by atoms with Gasteiger partial charge in [-0.05, 0) is 30.3 Å². The minimum absolute atomic E-state index is 0.259. The van der Waals surface area contributed by atoms with Gasteiger partial charge in [0.15, 0.2) is 0 Å². The third-order valence-corrected chi connectivity index (χ3v) is 2.58. The number of ether oxygens (including phenoxy) is 1. The number of amides is 1. The molecular weight excluding hydrogens is 240 g/mol. The normalized spacial score (nSPS) is 9.47. The molecule has 0 aliphatic carbocycles. The number of rotatable bonds is 3. The number of nitriles is 1. The van der Waals surface area contributed by atoms with Crippen molar-refractivity contribution in [1.82, 2.24) is 0 Å². The fourth-order valence-corrected chi connectivity index (χ4v) is 1.63. The lowest BCUT2D eigenvalue weighted by molar-refractivity contribution is 0.102. The van der Waals surface area contributed by atoms with Crippen LogP contribution in [0.25, 0.3) is 0 Å². The van der Waals surface area contributed by atoms with E-state index >= 15 is 0 Å². The highest BCUT2D eigenvalue weighted by Gasteiger charge is 2.07. The molecule has 1 N–H and O–H groups in total. The van der Waals surface area contributed by atoms with Gasteiger partial charge in [-0.15, -0.1) is 0 Å². The lowest BCUT2D eigenvalue weighted by Crippen LogP contribution is -2.11. The third-order valence-electron chi connectivity index (χ3n) is 2.58. The number of carbonyl (C=O) groups is 1. The summed E-state index contributed by atoms with van der Waals surface area (Å²) in [5.74, 6) is 0.411. The first-order chi connectivity index (χ1) is 9.22. The Morgan fingerprint density at radius 2 is 2.00 bits per heavy atom. The van der Waals surface area contributed by atoms with Crippen molar-refractivity contribution >= 4 is 11.6 Å². The highest BCUT2D eigenvalue weighted by atomic mass is 16.5. The van der Waals surface area contributed by atoms with E-state index in [1.807, 2.05) is 6.07 Å². The van der Waals surface area contributed by atoms with E-state index < -0.39 is 0 Å². The van der Waals surface area contributed by atoms with E-state index in [2.05, 4.69) is 5.32 Å². The molecule has 19 heavy (non-hydrogen) atoms. The summed E-state index contributed by atoms with van der Waals surface area (Å²) in [6.45, 7) is 0. The SMILES string of the molecule is COc1cccc(NC(=O)c2cccc(C#N)c2)c1. The van der Waals surface area contributed by atoms with E-state index in [9.17, 15) is 4.79 Å². The Bertz CT molecular complexity index is 645. The summed E-state index contributed by atoms with van der Waals surface area (Å²) >= 11 is 0. The van der Waals surface area contributed by atoms with Crippen LogP contribution in [0.15, 0.2) is 48.5 Å². The van der Waals surface area contributed by atoms with Gasteiger partial charge >= 0.3 is 0 Å². The second-order valence-electron chi connectivity index (χ2n) is 3.88. The van der Waals surface area contributed by atoms with Gasteiger partial charge in [0.25, 0.3) is 5.91 Å². The maximum absolute atomic E-state index is 12.0. The smallest absolute Gasteiger partial charge is 0.255 e. The molecule has 4 nitrogen and oxygen atoms in total. The summed E-state index contributed by atoms with van der Waals surface area (Å²) in [6, 6.07) is 15.6. The monoisotopic (exact) mass is 252 g/mol. The van der Waals surface area contributed by atoms with Gasteiger partial charge in [0.2, 0.25) is 0 Å². The molecule has 2 rings (SSSR count). The summed E-state index contributed by atoms with van der Waals surface area (Å²) in [7, 11) is 1.57. The molecule has 2 aromatic carbocycles. The molecule has 1 amide bonds. The Balaban J connectivity index is 2.18. The lowest BCUT2D eigenvalue weighted by atomic mass is 10.1. The van der Waals surface area contributed by atoms with Gasteiger partial charge in [0, 0.05) is 17.3 Å². The Hall–Kier alpha value is -2.80. The molecule has 0 fully saturated rings. The lowest BCUT2D eigenvalue weighted by Gasteiger charge is -2.07. The molecule has 2 aromatic rings. The summed E-state index contributed by atoms with van der Waals surface area (Å²) < 4.78 is 5.08. The van der Waals surface area contributed by atoms with Gasteiger partial charge in [0.05, 0.1) is 18.7 Å². The van der Waals surface area contributed by atoms with Crippen molar-refractivity contribution in [3.63, 3.8) is 0 Å². The number of hydrogen-bond donors (Lipinski definition) is 1. The van der Waals surface area contributed by atoms with E-state index in [1.165, 1.54) is 0 Å². The van der Waals surface area contributed by atoms with Crippen LogP contribution in [-0.2, 0) is 0 Å². The Morgan fingerprint density at radius 1 is 1.21 bits per heavy atom. The average Bonchev–Trinajstić information content (AvgIpc) is 2.47. The van der Waals surface area contributed by atoms with Gasteiger partial charge in [-0.25, -0.2) is 0 Å². The summed E-state index contributed by atoms with van der Waals surface area (Å²) in [5, 5.41) is 11.6. The number of methoxy groups -OCH3 is 1. The molecule has 0 radical (unpaired) electrons. The number of nitrogens with one attached hydrogen (secondary N) is 1. The molecule has 0 bridgehead atoms. The van der Waals surface area contributed by atoms with Crippen LogP contribution in [0.3, 0.4) is 0 Å². The Kier molecular flexibility index (Phi) is 3.79. The standard InChI is InChI=1S/C15H12N2O2/c1-19-14-7-3-6-13(9-14)17-15(18)12-5-2-4-11(8-12)10-16/h2-9H,1H3,(H,17,18). The molecule has 0 heterocycles. The van der Waals surface area contributed by atoms with Crippen molar-refractivity contribution in [1.29, 1.82) is 5.26 Å². The van der Waals surface area contributed by atoms with Gasteiger partial charge in [-0.3, -0.25) is 4.79 Å². The van der Waals surface area contributed by atoms with E-state index in [0.29, 0.717) is 22.6 Å². The highest BCUT2D eigenvalue weighted by molar-refractivity contribution is 6.04. The second kappa shape index (κ2) is 5.69. The maximum atomic E-state index is 12.0. The van der Waals surface area contributed by atoms with Crippen molar-refractivity contribution in [3.05, 3.63) is 59.7 Å². The highest BCUT2D eigenvalue weighted by Crippen LogP contribution is 2.17. The first-order valence-electron chi connectivity index (χ1n) is 5.68. The van der Waals surface area contributed by atoms with Crippen molar-refractivity contribution in [2.24, 2.45) is 0 Å². The van der Waals surface area contributed by atoms with Crippen LogP contribution in [0, 0.1) is 11.3 Å². The van der Waals surface area contributed by atoms with Gasteiger partial charge in [-0.2, -0.15) is 5.26 Å². The number of carbonyl (C=O) groups excluding carboxylic acids is 1. The summed E-state index contributed by atoms with van der Waals surface area (Å²) in [5.41, 5.74) is 1.55. The van der Waals surface area contributed by atoms with E-state index in [1.54, 1.807) is 55.6 Å². The predicted molar refractivity (Wildman–Crippen MR) is 72.1 cm³/mol. The van der Waals surface area contributed by atoms with E-state index in [0.717, 1.165) is 0 Å². The average molecular weight is 252 g/mol. The van der Waals surface area contributed by atoms with Crippen LogP contribution in [-0.4, -0.2) is 13.0 Å². The second-order valence-corrected chi connectivity index (χ2v) is 3.88. The zero-order valence-electron chi connectivity index (χ0n) is 10.4. The fraction of sp³-hybridized carbons (Fsp3) is 0.0667. The van der Waals surface area contributed by atoms with E-state index in [-0.39, 0.29) is 5.91 Å². The van der Waals surface area contributed by atoms with Gasteiger partial charge in [0.1, 0.15) is 5.75 Å². The molecule has 0 aliphatic heterocycles. The van der Waals surface area contributed by atoms with Gasteiger partial charge in [-0.1, -0.05) is 12.1 Å². The maximum Gasteiger partial charge on any atom is 0.255 e. The first-order valence-corrected chi connectivity index (χ1v) is 5.68. The number of benzene rings is 2. The van der Waals surface area contributed by atoms with Crippen molar-refractivity contribution < 1.29 is 9.53 Å². The van der Waals surface area contributed by atoms with Crippen LogP contribution in [0.2, 0.25) is 0 Å². The molecule has 94 valence electrons. The van der Waals surface area contributed by atoms with Gasteiger partial charge < -0.3 is 10.1 Å². The molecule has 0 aromatic heterocycles. The van der Waals surface area contributed by atoms with Crippen LogP contribution >= 0.6 is 0 Å². The third kappa shape index (κ3) is 3.11. The zero-order valence-corrected chi connectivity index (χ0v) is 10.4. The molecule has 0 saturated heterocycles. The quantitative estimate of drug-likeness (QED) is 0.913. The summed E-state index contributed by atoms with van der Waals surface area (Å²) in [6.07, 6.45) is 0. The number of nitrogens with zero attached hydrogens (tertiary/aromatic N) is 1. The van der Waals surface area contributed by atoms with Crippen molar-refractivity contribution in [2.75, 3.05) is 12.4 Å². The predicted octanol–water partition coefficient (Wildman–Crippen LogP) is 2.82. The van der Waals surface area contributed by atoms with Crippen molar-refractivity contribution in [2.45, 2.75) is 0 Å². The number of hydrogen-bond acceptors (Lipinski definition) is 3. The first kappa shape index (κ1) is 12.7.